The fourth-order valence-electron chi connectivity index (χ4n) is 5.57. The van der Waals surface area contributed by atoms with Crippen LogP contribution in [0.25, 0.3) is 11.1 Å². The van der Waals surface area contributed by atoms with Crippen LogP contribution in [0.15, 0.2) is 119 Å². The van der Waals surface area contributed by atoms with Crippen LogP contribution < -0.4 is 8.61 Å². The van der Waals surface area contributed by atoms with Gasteiger partial charge in [-0.25, -0.2) is 16.8 Å². The predicted molar refractivity (Wildman–Crippen MR) is 191 cm³/mol. The topological polar surface area (TPSA) is 74.8 Å². The molecule has 0 heterocycles. The Balaban J connectivity index is 1.56. The maximum Gasteiger partial charge on any atom is 0.264 e. The van der Waals surface area contributed by atoms with Gasteiger partial charge in [0.1, 0.15) is 0 Å². The number of anilines is 2. The average Bonchev–Trinajstić information content (AvgIpc) is 3.09. The van der Waals surface area contributed by atoms with Gasteiger partial charge in [0.2, 0.25) is 0 Å². The number of rotatable bonds is 19. The van der Waals surface area contributed by atoms with Gasteiger partial charge in [0.05, 0.1) is 21.2 Å². The van der Waals surface area contributed by atoms with E-state index >= 15 is 0 Å². The minimum atomic E-state index is -3.72. The fourth-order valence-corrected chi connectivity index (χ4v) is 8.62. The number of hydrogen-bond acceptors (Lipinski definition) is 4. The van der Waals surface area contributed by atoms with Gasteiger partial charge in [-0.2, -0.15) is 0 Å². The predicted octanol–water partition coefficient (Wildman–Crippen LogP) is 9.68. The molecule has 6 nitrogen and oxygen atoms in total. The summed E-state index contributed by atoms with van der Waals surface area (Å²) in [6.45, 7) is 5.16. The van der Waals surface area contributed by atoms with Crippen molar-refractivity contribution in [2.24, 2.45) is 0 Å². The molecule has 0 atom stereocenters. The van der Waals surface area contributed by atoms with Crippen LogP contribution in [0.2, 0.25) is 0 Å². The number of sulfonamides is 2. The van der Waals surface area contributed by atoms with E-state index in [2.05, 4.69) is 13.8 Å². The summed E-state index contributed by atoms with van der Waals surface area (Å²) in [4.78, 5) is 0.562. The molecule has 0 aliphatic heterocycles. The Kier molecular flexibility index (Phi) is 13.3. The standard InChI is InChI=1S/C38H48N2O4S2/c1-3-5-7-9-17-31-39(45(41,42)37-19-13-11-14-20-37)35-27-23-33(24-28-35)34-25-29-36(30-26-34)40(32-18-10-8-6-4-2)46(43,44)38-21-15-12-16-22-38/h11-16,19-30H,3-10,17-18,31-32H2,1-2H3. The molecule has 4 aromatic carbocycles. The summed E-state index contributed by atoms with van der Waals surface area (Å²) in [6.07, 6.45) is 10.3. The Morgan fingerprint density at radius 1 is 0.413 bits per heavy atom. The van der Waals surface area contributed by atoms with E-state index in [9.17, 15) is 16.8 Å². The number of hydrogen-bond donors (Lipinski definition) is 0. The van der Waals surface area contributed by atoms with Crippen LogP contribution in [0, 0.1) is 0 Å². The van der Waals surface area contributed by atoms with Gasteiger partial charge in [0, 0.05) is 13.1 Å². The summed E-state index contributed by atoms with van der Waals surface area (Å²) in [5, 5.41) is 0. The van der Waals surface area contributed by atoms with E-state index < -0.39 is 20.0 Å². The molecule has 0 unspecified atom stereocenters. The highest BCUT2D eigenvalue weighted by atomic mass is 32.2. The lowest BCUT2D eigenvalue weighted by molar-refractivity contribution is 0.582. The number of benzene rings is 4. The van der Waals surface area contributed by atoms with E-state index in [0.29, 0.717) is 24.5 Å². The molecule has 0 aromatic heterocycles. The van der Waals surface area contributed by atoms with E-state index in [-0.39, 0.29) is 9.79 Å². The van der Waals surface area contributed by atoms with Crippen molar-refractivity contribution >= 4 is 31.4 Å². The molecule has 0 spiro atoms. The van der Waals surface area contributed by atoms with Gasteiger partial charge in [-0.15, -0.1) is 0 Å². The first kappa shape index (κ1) is 35.2. The lowest BCUT2D eigenvalue weighted by Crippen LogP contribution is -2.32. The Bertz CT molecular complexity index is 1550. The van der Waals surface area contributed by atoms with Gasteiger partial charge in [0.15, 0.2) is 0 Å². The maximum atomic E-state index is 13.7. The van der Waals surface area contributed by atoms with Crippen LogP contribution in [-0.2, 0) is 20.0 Å². The zero-order valence-electron chi connectivity index (χ0n) is 27.2. The van der Waals surface area contributed by atoms with Gasteiger partial charge >= 0.3 is 0 Å². The zero-order chi connectivity index (χ0) is 32.8. The molecular formula is C38H48N2O4S2. The van der Waals surface area contributed by atoms with Crippen molar-refractivity contribution in [3.63, 3.8) is 0 Å². The normalized spacial score (nSPS) is 11.8. The first-order chi connectivity index (χ1) is 22.3. The summed E-state index contributed by atoms with van der Waals surface area (Å²) in [6, 6.07) is 32.4. The van der Waals surface area contributed by atoms with Crippen LogP contribution in [-0.4, -0.2) is 29.9 Å². The molecule has 46 heavy (non-hydrogen) atoms. The molecule has 0 aliphatic rings. The zero-order valence-corrected chi connectivity index (χ0v) is 28.9. The minimum absolute atomic E-state index is 0.281. The van der Waals surface area contributed by atoms with Gasteiger partial charge in [-0.05, 0) is 72.5 Å². The molecule has 0 N–H and O–H groups in total. The van der Waals surface area contributed by atoms with Crippen molar-refractivity contribution in [2.75, 3.05) is 21.7 Å². The maximum absolute atomic E-state index is 13.7. The van der Waals surface area contributed by atoms with Crippen LogP contribution in [0.4, 0.5) is 11.4 Å². The van der Waals surface area contributed by atoms with E-state index in [4.69, 9.17) is 0 Å². The molecular weight excluding hydrogens is 613 g/mol. The summed E-state index contributed by atoms with van der Waals surface area (Å²) in [5.41, 5.74) is 3.10. The summed E-state index contributed by atoms with van der Waals surface area (Å²) in [5.74, 6) is 0. The second-order valence-corrected chi connectivity index (χ2v) is 15.4. The second kappa shape index (κ2) is 17.3. The summed E-state index contributed by atoms with van der Waals surface area (Å²) >= 11 is 0. The fraction of sp³-hybridized carbons (Fsp3) is 0.368. The molecule has 0 saturated heterocycles. The van der Waals surface area contributed by atoms with Crippen LogP contribution >= 0.6 is 0 Å². The monoisotopic (exact) mass is 660 g/mol. The summed E-state index contributed by atoms with van der Waals surface area (Å²) < 4.78 is 57.8. The van der Waals surface area contributed by atoms with Crippen molar-refractivity contribution in [1.82, 2.24) is 0 Å². The third kappa shape index (κ3) is 9.23. The molecule has 0 radical (unpaired) electrons. The van der Waals surface area contributed by atoms with Crippen LogP contribution in [0.3, 0.4) is 0 Å². The van der Waals surface area contributed by atoms with Crippen molar-refractivity contribution < 1.29 is 16.8 Å². The molecule has 246 valence electrons. The Labute approximate surface area is 277 Å². The van der Waals surface area contributed by atoms with Crippen molar-refractivity contribution in [3.8, 4) is 11.1 Å². The van der Waals surface area contributed by atoms with E-state index in [1.54, 1.807) is 48.5 Å². The van der Waals surface area contributed by atoms with E-state index in [1.165, 1.54) is 8.61 Å². The molecule has 0 amide bonds. The van der Waals surface area contributed by atoms with Gasteiger partial charge in [-0.3, -0.25) is 8.61 Å². The first-order valence-corrected chi connectivity index (χ1v) is 19.5. The highest BCUT2D eigenvalue weighted by molar-refractivity contribution is 7.93. The lowest BCUT2D eigenvalue weighted by Gasteiger charge is -2.25. The Hall–Kier alpha value is -3.62. The van der Waals surface area contributed by atoms with Crippen molar-refractivity contribution in [2.45, 2.75) is 87.8 Å². The lowest BCUT2D eigenvalue weighted by atomic mass is 10.0. The molecule has 4 aromatic rings. The number of unbranched alkanes of at least 4 members (excludes halogenated alkanes) is 8. The molecule has 4 rings (SSSR count). The first-order valence-electron chi connectivity index (χ1n) is 16.6. The number of nitrogens with zero attached hydrogens (tertiary/aromatic N) is 2. The van der Waals surface area contributed by atoms with Gasteiger partial charge in [-0.1, -0.05) is 126 Å². The molecule has 8 heteroatoms. The Morgan fingerprint density at radius 3 is 1.07 bits per heavy atom. The van der Waals surface area contributed by atoms with E-state index in [1.807, 2.05) is 60.7 Å². The molecule has 0 bridgehead atoms. The van der Waals surface area contributed by atoms with Crippen molar-refractivity contribution in [3.05, 3.63) is 109 Å². The Morgan fingerprint density at radius 2 is 0.739 bits per heavy atom. The van der Waals surface area contributed by atoms with E-state index in [0.717, 1.165) is 75.3 Å². The van der Waals surface area contributed by atoms with Crippen LogP contribution in [0.5, 0.6) is 0 Å². The average molecular weight is 661 g/mol. The van der Waals surface area contributed by atoms with Gasteiger partial charge in [0.25, 0.3) is 20.0 Å². The smallest absolute Gasteiger partial charge is 0.264 e. The second-order valence-electron chi connectivity index (χ2n) is 11.7. The largest absolute Gasteiger partial charge is 0.266 e. The minimum Gasteiger partial charge on any atom is -0.266 e. The molecule has 0 saturated carbocycles. The third-order valence-electron chi connectivity index (χ3n) is 8.24. The quantitative estimate of drug-likeness (QED) is 0.0939. The molecule has 0 aliphatic carbocycles. The van der Waals surface area contributed by atoms with Crippen molar-refractivity contribution in [1.29, 1.82) is 0 Å². The summed E-state index contributed by atoms with van der Waals surface area (Å²) in [7, 11) is -7.44. The third-order valence-corrected chi connectivity index (χ3v) is 11.9. The highest BCUT2D eigenvalue weighted by Gasteiger charge is 2.26. The SMILES string of the molecule is CCCCCCCN(c1ccc(-c2ccc(N(CCCCCCC)S(=O)(=O)c3ccccc3)cc2)cc1)S(=O)(=O)c1ccccc1. The highest BCUT2D eigenvalue weighted by Crippen LogP contribution is 2.31. The molecule has 0 fully saturated rings. The van der Waals surface area contributed by atoms with Crippen LogP contribution in [0.1, 0.15) is 78.1 Å². The van der Waals surface area contributed by atoms with Gasteiger partial charge < -0.3 is 0 Å².